The zero-order chi connectivity index (χ0) is 17.0. The number of carbonyl (C=O) groups excluding carboxylic acids is 2. The number of nitro benzene ring substituents is 1. The Balaban J connectivity index is 2.17. The van der Waals surface area contributed by atoms with E-state index in [1.807, 2.05) is 0 Å². The number of amides is 2. The third-order valence-electron chi connectivity index (χ3n) is 2.77. The first-order valence-electron chi connectivity index (χ1n) is 6.27. The molecule has 0 aliphatic rings. The molecule has 0 fully saturated rings. The molecule has 120 valence electrons. The van der Waals surface area contributed by atoms with Crippen molar-refractivity contribution >= 4 is 40.6 Å². The molecule has 1 heterocycles. The molecule has 0 aliphatic heterocycles. The van der Waals surface area contributed by atoms with Crippen LogP contribution in [0.1, 0.15) is 10.4 Å². The Labute approximate surface area is 138 Å². The molecule has 2 N–H and O–H groups in total. The summed E-state index contributed by atoms with van der Waals surface area (Å²) in [5.41, 5.74) is 4.89. The monoisotopic (exact) mass is 352 g/mol. The highest BCUT2D eigenvalue weighted by Gasteiger charge is 2.17. The van der Waals surface area contributed by atoms with Crippen molar-refractivity contribution in [2.24, 2.45) is 17.8 Å². The summed E-state index contributed by atoms with van der Waals surface area (Å²) in [5.74, 6) is -1.20. The van der Waals surface area contributed by atoms with E-state index in [1.54, 1.807) is 23.2 Å². The SMILES string of the molecule is Cn1ccsc1=NC(=O)CSc1ccc(C(N)=O)cc1[N+](=O)[O-]. The topological polar surface area (TPSA) is 121 Å². The lowest BCUT2D eigenvalue weighted by atomic mass is 10.2. The van der Waals surface area contributed by atoms with Gasteiger partial charge in [0.15, 0.2) is 4.80 Å². The largest absolute Gasteiger partial charge is 0.366 e. The van der Waals surface area contributed by atoms with Crippen molar-refractivity contribution in [2.45, 2.75) is 4.90 Å². The van der Waals surface area contributed by atoms with Gasteiger partial charge in [-0.2, -0.15) is 4.99 Å². The quantitative estimate of drug-likeness (QED) is 0.494. The van der Waals surface area contributed by atoms with Gasteiger partial charge in [0.2, 0.25) is 5.91 Å². The molecule has 2 aromatic rings. The lowest BCUT2D eigenvalue weighted by Gasteiger charge is -2.03. The summed E-state index contributed by atoms with van der Waals surface area (Å²) < 4.78 is 1.71. The third-order valence-corrected chi connectivity index (χ3v) is 4.67. The summed E-state index contributed by atoms with van der Waals surface area (Å²) in [6.07, 6.45) is 1.78. The zero-order valence-corrected chi connectivity index (χ0v) is 13.6. The molecule has 0 saturated carbocycles. The minimum atomic E-state index is -0.749. The van der Waals surface area contributed by atoms with Gasteiger partial charge in [0.1, 0.15) is 0 Å². The minimum Gasteiger partial charge on any atom is -0.366 e. The lowest BCUT2D eigenvalue weighted by Crippen LogP contribution is -2.13. The number of aromatic nitrogens is 1. The maximum atomic E-state index is 11.9. The summed E-state index contributed by atoms with van der Waals surface area (Å²) in [4.78, 5) is 38.2. The average molecular weight is 352 g/mol. The number of hydrogen-bond donors (Lipinski definition) is 1. The van der Waals surface area contributed by atoms with Crippen LogP contribution in [0.3, 0.4) is 0 Å². The Morgan fingerprint density at radius 2 is 2.22 bits per heavy atom. The molecule has 10 heteroatoms. The summed E-state index contributed by atoms with van der Waals surface area (Å²) in [7, 11) is 1.77. The number of thiazole rings is 1. The van der Waals surface area contributed by atoms with Gasteiger partial charge in [-0.05, 0) is 12.1 Å². The van der Waals surface area contributed by atoms with Crippen LogP contribution < -0.4 is 10.5 Å². The van der Waals surface area contributed by atoms with Gasteiger partial charge < -0.3 is 10.3 Å². The number of hydrogen-bond acceptors (Lipinski definition) is 6. The van der Waals surface area contributed by atoms with Gasteiger partial charge >= 0.3 is 0 Å². The minimum absolute atomic E-state index is 0.0441. The highest BCUT2D eigenvalue weighted by molar-refractivity contribution is 8.00. The smallest absolute Gasteiger partial charge is 0.283 e. The summed E-state index contributed by atoms with van der Waals surface area (Å²) in [5, 5.41) is 12.9. The van der Waals surface area contributed by atoms with Gasteiger partial charge in [-0.3, -0.25) is 19.7 Å². The highest BCUT2D eigenvalue weighted by Crippen LogP contribution is 2.30. The van der Waals surface area contributed by atoms with Gasteiger partial charge in [0.05, 0.1) is 15.6 Å². The fourth-order valence-electron chi connectivity index (χ4n) is 1.65. The van der Waals surface area contributed by atoms with Crippen molar-refractivity contribution in [3.63, 3.8) is 0 Å². The number of carbonyl (C=O) groups is 2. The molecular formula is C13H12N4O4S2. The van der Waals surface area contributed by atoms with Crippen LogP contribution in [0.15, 0.2) is 39.7 Å². The lowest BCUT2D eigenvalue weighted by molar-refractivity contribution is -0.387. The van der Waals surface area contributed by atoms with E-state index >= 15 is 0 Å². The molecule has 1 aromatic carbocycles. The fraction of sp³-hybridized carbons (Fsp3) is 0.154. The van der Waals surface area contributed by atoms with Gasteiger partial charge in [0, 0.05) is 30.3 Å². The standard InChI is InChI=1S/C13H12N4O4S2/c1-16-4-5-22-13(16)15-11(18)7-23-10-3-2-8(12(14)19)6-9(10)17(20)21/h2-6H,7H2,1H3,(H2,14,19). The predicted octanol–water partition coefficient (Wildman–Crippen LogP) is 1.31. The molecule has 0 unspecified atom stereocenters. The second kappa shape index (κ2) is 7.20. The number of rotatable bonds is 5. The van der Waals surface area contributed by atoms with Crippen LogP contribution in [0.4, 0.5) is 5.69 Å². The van der Waals surface area contributed by atoms with E-state index in [-0.39, 0.29) is 21.9 Å². The molecule has 23 heavy (non-hydrogen) atoms. The van der Waals surface area contributed by atoms with Crippen LogP contribution in [0.25, 0.3) is 0 Å². The van der Waals surface area contributed by atoms with Crippen LogP contribution in [-0.4, -0.2) is 27.1 Å². The van der Waals surface area contributed by atoms with Crippen molar-refractivity contribution in [2.75, 3.05) is 5.75 Å². The first-order chi connectivity index (χ1) is 10.9. The van der Waals surface area contributed by atoms with Crippen LogP contribution in [0.2, 0.25) is 0 Å². The molecule has 8 nitrogen and oxygen atoms in total. The Morgan fingerprint density at radius 1 is 1.48 bits per heavy atom. The normalized spacial score (nSPS) is 11.4. The number of thioether (sulfide) groups is 1. The number of nitrogens with two attached hydrogens (primary N) is 1. The molecule has 2 amide bonds. The van der Waals surface area contributed by atoms with Gasteiger partial charge in [-0.25, -0.2) is 0 Å². The second-order valence-corrected chi connectivity index (χ2v) is 6.28. The Kier molecular flexibility index (Phi) is 5.29. The predicted molar refractivity (Wildman–Crippen MR) is 86.2 cm³/mol. The fourth-order valence-corrected chi connectivity index (χ4v) is 3.18. The molecule has 2 rings (SSSR count). The number of nitrogens with zero attached hydrogens (tertiary/aromatic N) is 3. The van der Waals surface area contributed by atoms with E-state index in [9.17, 15) is 19.7 Å². The van der Waals surface area contributed by atoms with Crippen LogP contribution in [0.5, 0.6) is 0 Å². The molecule has 0 spiro atoms. The summed E-state index contributed by atoms with van der Waals surface area (Å²) in [6, 6.07) is 3.89. The van der Waals surface area contributed by atoms with Crippen molar-refractivity contribution in [1.29, 1.82) is 0 Å². The van der Waals surface area contributed by atoms with Gasteiger partial charge in [-0.15, -0.1) is 23.1 Å². The summed E-state index contributed by atoms with van der Waals surface area (Å²) in [6.45, 7) is 0. The van der Waals surface area contributed by atoms with E-state index < -0.39 is 16.7 Å². The molecular weight excluding hydrogens is 340 g/mol. The van der Waals surface area contributed by atoms with E-state index in [0.717, 1.165) is 17.8 Å². The van der Waals surface area contributed by atoms with Crippen LogP contribution in [0, 0.1) is 10.1 Å². The number of primary amides is 1. The third kappa shape index (κ3) is 4.27. The van der Waals surface area contributed by atoms with Crippen molar-refractivity contribution in [1.82, 2.24) is 4.57 Å². The zero-order valence-electron chi connectivity index (χ0n) is 12.0. The molecule has 0 aliphatic carbocycles. The number of nitro groups is 1. The first kappa shape index (κ1) is 16.9. The maximum Gasteiger partial charge on any atom is 0.283 e. The van der Waals surface area contributed by atoms with Crippen molar-refractivity contribution < 1.29 is 14.5 Å². The van der Waals surface area contributed by atoms with E-state index in [4.69, 9.17) is 5.73 Å². The Morgan fingerprint density at radius 3 is 2.78 bits per heavy atom. The Hall–Kier alpha value is -2.46. The van der Waals surface area contributed by atoms with E-state index in [1.165, 1.54) is 23.5 Å². The maximum absolute atomic E-state index is 11.9. The first-order valence-corrected chi connectivity index (χ1v) is 8.13. The highest BCUT2D eigenvalue weighted by atomic mass is 32.2. The Bertz CT molecular complexity index is 840. The molecule has 0 saturated heterocycles. The number of aryl methyl sites for hydroxylation is 1. The average Bonchev–Trinajstić information content (AvgIpc) is 2.90. The second-order valence-electron chi connectivity index (χ2n) is 4.39. The molecule has 0 radical (unpaired) electrons. The van der Waals surface area contributed by atoms with Gasteiger partial charge in [0.25, 0.3) is 11.6 Å². The van der Waals surface area contributed by atoms with E-state index in [2.05, 4.69) is 4.99 Å². The molecule has 0 bridgehead atoms. The van der Waals surface area contributed by atoms with Crippen LogP contribution >= 0.6 is 23.1 Å². The molecule has 1 aromatic heterocycles. The van der Waals surface area contributed by atoms with Crippen molar-refractivity contribution in [3.8, 4) is 0 Å². The molecule has 0 atom stereocenters. The van der Waals surface area contributed by atoms with Gasteiger partial charge in [-0.1, -0.05) is 0 Å². The van der Waals surface area contributed by atoms with Crippen LogP contribution in [-0.2, 0) is 11.8 Å². The van der Waals surface area contributed by atoms with Crippen molar-refractivity contribution in [3.05, 3.63) is 50.3 Å². The summed E-state index contributed by atoms with van der Waals surface area (Å²) >= 11 is 2.31. The number of benzene rings is 1. The van der Waals surface area contributed by atoms with E-state index in [0.29, 0.717) is 4.80 Å².